The van der Waals surface area contributed by atoms with Crippen LogP contribution in [-0.4, -0.2) is 32.2 Å². The van der Waals surface area contributed by atoms with Crippen LogP contribution in [0.25, 0.3) is 0 Å². The number of halogens is 3. The van der Waals surface area contributed by atoms with Crippen LogP contribution in [0.15, 0.2) is 42.5 Å². The molecule has 1 aliphatic rings. The first kappa shape index (κ1) is 22.4. The maximum Gasteiger partial charge on any atom is 0.228 e. The third kappa shape index (κ3) is 5.68. The number of para-hydroxylation sites is 1. The Hall–Kier alpha value is -1.66. The van der Waals surface area contributed by atoms with Crippen molar-refractivity contribution in [2.75, 3.05) is 42.3 Å². The number of anilines is 3. The summed E-state index contributed by atoms with van der Waals surface area (Å²) in [5, 5.41) is 3.60. The van der Waals surface area contributed by atoms with Gasteiger partial charge in [-0.15, -0.1) is 24.8 Å². The molecule has 0 saturated carbocycles. The van der Waals surface area contributed by atoms with Gasteiger partial charge in [-0.2, -0.15) is 0 Å². The van der Waals surface area contributed by atoms with E-state index in [1.807, 2.05) is 30.3 Å². The zero-order chi connectivity index (χ0) is 16.9. The van der Waals surface area contributed by atoms with Crippen molar-refractivity contribution in [2.45, 2.75) is 6.42 Å². The number of carbonyl (C=O) groups is 1. The van der Waals surface area contributed by atoms with Gasteiger partial charge in [0.05, 0.1) is 36.0 Å². The first-order valence-electron chi connectivity index (χ1n) is 7.89. The minimum absolute atomic E-state index is 0. The number of nitrogens with zero attached hydrogens (tertiary/aromatic N) is 1. The molecule has 1 fully saturated rings. The van der Waals surface area contributed by atoms with Gasteiger partial charge in [-0.1, -0.05) is 29.8 Å². The lowest BCUT2D eigenvalue weighted by atomic mass is 10.1. The second kappa shape index (κ2) is 10.5. The molecule has 0 radical (unpaired) electrons. The molecule has 0 bridgehead atoms. The van der Waals surface area contributed by atoms with Gasteiger partial charge < -0.3 is 20.7 Å². The number of rotatable bonds is 4. The summed E-state index contributed by atoms with van der Waals surface area (Å²) in [7, 11) is 0. The fraction of sp³-hybridized carbons (Fsp3) is 0.278. The van der Waals surface area contributed by atoms with Crippen molar-refractivity contribution in [3.05, 3.63) is 53.1 Å². The number of benzene rings is 2. The summed E-state index contributed by atoms with van der Waals surface area (Å²) < 4.78 is 5.39. The molecule has 0 atom stereocenters. The summed E-state index contributed by atoms with van der Waals surface area (Å²) in [5.41, 5.74) is 8.85. The van der Waals surface area contributed by atoms with Crippen LogP contribution >= 0.6 is 36.4 Å². The predicted molar refractivity (Wildman–Crippen MR) is 112 cm³/mol. The number of morpholine rings is 1. The second-order valence-corrected chi connectivity index (χ2v) is 6.11. The van der Waals surface area contributed by atoms with Crippen LogP contribution in [0.2, 0.25) is 5.02 Å². The van der Waals surface area contributed by atoms with E-state index in [0.29, 0.717) is 23.9 Å². The Morgan fingerprint density at radius 1 is 1.12 bits per heavy atom. The van der Waals surface area contributed by atoms with E-state index >= 15 is 0 Å². The van der Waals surface area contributed by atoms with Crippen molar-refractivity contribution in [1.29, 1.82) is 0 Å². The summed E-state index contributed by atoms with van der Waals surface area (Å²) in [4.78, 5) is 14.5. The minimum Gasteiger partial charge on any atom is -0.399 e. The Bertz CT molecular complexity index is 720. The fourth-order valence-electron chi connectivity index (χ4n) is 2.74. The number of nitrogens with two attached hydrogens (primary N) is 1. The molecule has 3 N–H and O–H groups in total. The molecular formula is C18H22Cl3N3O2. The van der Waals surface area contributed by atoms with Gasteiger partial charge in [0.2, 0.25) is 5.91 Å². The Morgan fingerprint density at radius 2 is 1.77 bits per heavy atom. The van der Waals surface area contributed by atoms with E-state index in [1.165, 1.54) is 0 Å². The lowest BCUT2D eigenvalue weighted by Gasteiger charge is -2.31. The molecule has 1 saturated heterocycles. The molecule has 5 nitrogen and oxygen atoms in total. The summed E-state index contributed by atoms with van der Waals surface area (Å²) >= 11 is 6.38. The number of hydrogen-bond acceptors (Lipinski definition) is 4. The monoisotopic (exact) mass is 417 g/mol. The van der Waals surface area contributed by atoms with Gasteiger partial charge in [-0.25, -0.2) is 0 Å². The molecule has 0 aliphatic carbocycles. The lowest BCUT2D eigenvalue weighted by Crippen LogP contribution is -2.37. The molecule has 3 rings (SSSR count). The van der Waals surface area contributed by atoms with E-state index in [4.69, 9.17) is 22.1 Å². The summed E-state index contributed by atoms with van der Waals surface area (Å²) in [5.74, 6) is -0.0865. The number of hydrogen-bond donors (Lipinski definition) is 2. The zero-order valence-electron chi connectivity index (χ0n) is 14.1. The van der Waals surface area contributed by atoms with Gasteiger partial charge in [0.1, 0.15) is 0 Å². The third-order valence-electron chi connectivity index (χ3n) is 3.93. The van der Waals surface area contributed by atoms with E-state index in [2.05, 4.69) is 10.2 Å². The maximum absolute atomic E-state index is 12.4. The third-order valence-corrected chi connectivity index (χ3v) is 4.24. The molecule has 142 valence electrons. The van der Waals surface area contributed by atoms with E-state index in [9.17, 15) is 4.79 Å². The number of carbonyl (C=O) groups excluding carboxylic acids is 1. The van der Waals surface area contributed by atoms with Crippen LogP contribution in [0.4, 0.5) is 17.1 Å². The van der Waals surface area contributed by atoms with Gasteiger partial charge in [0.15, 0.2) is 0 Å². The molecule has 2 aromatic carbocycles. The first-order valence-corrected chi connectivity index (χ1v) is 8.27. The Balaban J connectivity index is 0.00000169. The zero-order valence-corrected chi connectivity index (χ0v) is 16.5. The molecule has 0 spiro atoms. The smallest absolute Gasteiger partial charge is 0.228 e. The Morgan fingerprint density at radius 3 is 2.42 bits per heavy atom. The maximum atomic E-state index is 12.4. The molecule has 2 aromatic rings. The molecule has 0 unspecified atom stereocenters. The van der Waals surface area contributed by atoms with Crippen molar-refractivity contribution in [2.24, 2.45) is 0 Å². The van der Waals surface area contributed by atoms with E-state index in [1.54, 1.807) is 12.1 Å². The fourth-order valence-corrected chi connectivity index (χ4v) is 3.03. The Labute approximate surface area is 170 Å². The quantitative estimate of drug-likeness (QED) is 0.741. The van der Waals surface area contributed by atoms with E-state index < -0.39 is 0 Å². The number of nitrogens with one attached hydrogen (secondary N) is 1. The van der Waals surface area contributed by atoms with Gasteiger partial charge in [-0.05, 0) is 29.8 Å². The van der Waals surface area contributed by atoms with Crippen LogP contribution in [0.1, 0.15) is 5.56 Å². The van der Waals surface area contributed by atoms with Crippen LogP contribution in [0, 0.1) is 0 Å². The van der Waals surface area contributed by atoms with Crippen LogP contribution in [-0.2, 0) is 16.0 Å². The predicted octanol–water partition coefficient (Wildman–Crippen LogP) is 3.78. The van der Waals surface area contributed by atoms with Crippen LogP contribution in [0.5, 0.6) is 0 Å². The summed E-state index contributed by atoms with van der Waals surface area (Å²) in [6, 6.07) is 12.8. The van der Waals surface area contributed by atoms with Crippen molar-refractivity contribution in [3.63, 3.8) is 0 Å². The summed E-state index contributed by atoms with van der Waals surface area (Å²) in [6.07, 6.45) is 0.287. The Kier molecular flexibility index (Phi) is 9.02. The molecule has 0 aromatic heterocycles. The largest absolute Gasteiger partial charge is 0.399 e. The summed E-state index contributed by atoms with van der Waals surface area (Å²) in [6.45, 7) is 2.82. The van der Waals surface area contributed by atoms with Gasteiger partial charge in [0, 0.05) is 18.8 Å². The highest BCUT2D eigenvalue weighted by Crippen LogP contribution is 2.34. The molecule has 1 heterocycles. The van der Waals surface area contributed by atoms with Crippen molar-refractivity contribution in [3.8, 4) is 0 Å². The first-order chi connectivity index (χ1) is 11.6. The van der Waals surface area contributed by atoms with E-state index in [0.717, 1.165) is 30.0 Å². The van der Waals surface area contributed by atoms with Crippen LogP contribution in [0.3, 0.4) is 0 Å². The van der Waals surface area contributed by atoms with Crippen molar-refractivity contribution >= 4 is 59.4 Å². The van der Waals surface area contributed by atoms with Gasteiger partial charge >= 0.3 is 0 Å². The normalized spacial score (nSPS) is 13.3. The van der Waals surface area contributed by atoms with E-state index in [-0.39, 0.29) is 37.1 Å². The second-order valence-electron chi connectivity index (χ2n) is 5.70. The average Bonchev–Trinajstić information content (AvgIpc) is 2.58. The molecule has 1 aliphatic heterocycles. The SMILES string of the molecule is Cl.Cl.Nc1ccc(CC(=O)Nc2cccc(Cl)c2N2CCOCC2)cc1. The average molecular weight is 419 g/mol. The van der Waals surface area contributed by atoms with Crippen molar-refractivity contribution in [1.82, 2.24) is 0 Å². The minimum atomic E-state index is -0.0865. The number of nitrogen functional groups attached to an aromatic ring is 1. The molecular weight excluding hydrogens is 397 g/mol. The highest BCUT2D eigenvalue weighted by atomic mass is 35.5. The number of amides is 1. The van der Waals surface area contributed by atoms with Gasteiger partial charge in [0.25, 0.3) is 0 Å². The highest BCUT2D eigenvalue weighted by Gasteiger charge is 2.19. The van der Waals surface area contributed by atoms with Gasteiger partial charge in [-0.3, -0.25) is 4.79 Å². The standard InChI is InChI=1S/C18H20ClN3O2.2ClH/c19-15-2-1-3-16(18(15)22-8-10-24-11-9-22)21-17(23)12-13-4-6-14(20)7-5-13;;/h1-7H,8-12,20H2,(H,21,23);2*1H. The number of ether oxygens (including phenoxy) is 1. The molecule has 26 heavy (non-hydrogen) atoms. The lowest BCUT2D eigenvalue weighted by molar-refractivity contribution is -0.115. The highest BCUT2D eigenvalue weighted by molar-refractivity contribution is 6.34. The van der Waals surface area contributed by atoms with Crippen molar-refractivity contribution < 1.29 is 9.53 Å². The van der Waals surface area contributed by atoms with Crippen LogP contribution < -0.4 is 16.0 Å². The molecule has 1 amide bonds. The molecule has 8 heteroatoms. The topological polar surface area (TPSA) is 67.6 Å².